The molecule has 7 rings (SSSR count). The number of aliphatic imine (C=N–C) groups is 1. The molecule has 2 atom stereocenters. The molecule has 4 aromatic carbocycles. The quantitative estimate of drug-likeness (QED) is 0.102. The number of likely N-dealkylation sites (N-methyl/N-ethyl adjacent to an activating group) is 1. The number of carbonyl (C=O) groups is 1. The number of allylic oxidation sites excluding steroid dienone is 2. The molecule has 0 N–H and O–H groups in total. The molecule has 0 spiro atoms. The number of carbonyl (C=O) groups excluding carboxylic acids is 1. The number of methoxy groups -OCH3 is 1. The lowest BCUT2D eigenvalue weighted by molar-refractivity contribution is -0.173. The van der Waals surface area contributed by atoms with Crippen molar-refractivity contribution in [3.63, 3.8) is 0 Å². The van der Waals surface area contributed by atoms with Crippen LogP contribution in [0.15, 0.2) is 133 Å². The molecule has 288 valence electrons. The van der Waals surface area contributed by atoms with E-state index < -0.39 is 40.9 Å². The highest BCUT2D eigenvalue weighted by Gasteiger charge is 2.48. The summed E-state index contributed by atoms with van der Waals surface area (Å²) >= 11 is 0. The summed E-state index contributed by atoms with van der Waals surface area (Å²) in [7, 11) is 3.09. The van der Waals surface area contributed by atoms with E-state index in [1.165, 1.54) is 37.4 Å². The fraction of sp³-hybridized carbons (Fsp3) is 0.182. The van der Waals surface area contributed by atoms with E-state index in [0.717, 1.165) is 17.3 Å². The fourth-order valence-corrected chi connectivity index (χ4v) is 6.18. The van der Waals surface area contributed by atoms with E-state index in [1.807, 2.05) is 78.7 Å². The van der Waals surface area contributed by atoms with E-state index in [-0.39, 0.29) is 41.8 Å². The van der Waals surface area contributed by atoms with Crippen molar-refractivity contribution in [3.05, 3.63) is 161 Å². The maximum atomic E-state index is 16.2. The lowest BCUT2D eigenvalue weighted by Crippen LogP contribution is -2.53. The largest absolute Gasteiger partial charge is 0.485 e. The molecule has 11 nitrogen and oxygen atoms in total. The van der Waals surface area contributed by atoms with Crippen LogP contribution in [0.25, 0.3) is 0 Å². The standard InChI is InChI=1S/C44H36F2N4O7/c1-50-22-21-48-41(50)33-24-32(55-38-15-9-10-20-44(38,43(51)52-2)54-28-30-13-7-4-8-14-30)17-19-35(33)56-40-34(45)26-49-42(39(40)46)57-37-23-31(25-47)16-18-36(37)53-27-29-11-5-3-6-12-29/h3-20,23-24,26,38H,21-22,27-28H2,1-2H3. The van der Waals surface area contributed by atoms with Crippen molar-refractivity contribution in [2.45, 2.75) is 24.9 Å². The van der Waals surface area contributed by atoms with Crippen molar-refractivity contribution >= 4 is 11.8 Å². The number of nitrogens with zero attached hydrogens (tertiary/aromatic N) is 4. The summed E-state index contributed by atoms with van der Waals surface area (Å²) in [4.78, 5) is 23.7. The second kappa shape index (κ2) is 17.2. The average molecular weight is 771 g/mol. The maximum absolute atomic E-state index is 16.2. The summed E-state index contributed by atoms with van der Waals surface area (Å²) in [5, 5.41) is 9.54. The van der Waals surface area contributed by atoms with Gasteiger partial charge >= 0.3 is 5.97 Å². The van der Waals surface area contributed by atoms with E-state index >= 15 is 8.78 Å². The summed E-state index contributed by atoms with van der Waals surface area (Å²) < 4.78 is 67.3. The third-order valence-corrected chi connectivity index (χ3v) is 9.13. The Kier molecular flexibility index (Phi) is 11.5. The summed E-state index contributed by atoms with van der Waals surface area (Å²) in [6.45, 7) is 1.31. The summed E-state index contributed by atoms with van der Waals surface area (Å²) in [5.41, 5.74) is 0.634. The first-order valence-corrected chi connectivity index (χ1v) is 17.9. The minimum atomic E-state index is -1.64. The molecule has 0 fully saturated rings. The van der Waals surface area contributed by atoms with Gasteiger partial charge in [0.15, 0.2) is 23.4 Å². The number of hydrogen-bond acceptors (Lipinski definition) is 11. The van der Waals surface area contributed by atoms with Crippen LogP contribution >= 0.6 is 0 Å². The van der Waals surface area contributed by atoms with Crippen molar-refractivity contribution < 1.29 is 42.0 Å². The molecule has 0 saturated heterocycles. The molecular formula is C44H36F2N4O7. The Labute approximate surface area is 327 Å². The summed E-state index contributed by atoms with van der Waals surface area (Å²) in [5.74, 6) is -3.42. The zero-order chi connectivity index (χ0) is 39.8. The average Bonchev–Trinajstić information content (AvgIpc) is 3.68. The normalized spacial score (nSPS) is 17.1. The number of halogens is 2. The van der Waals surface area contributed by atoms with Crippen LogP contribution in [0.3, 0.4) is 0 Å². The van der Waals surface area contributed by atoms with Gasteiger partial charge in [-0.05, 0) is 53.6 Å². The maximum Gasteiger partial charge on any atom is 0.346 e. The number of esters is 1. The Balaban J connectivity index is 1.18. The Hall–Kier alpha value is -7.04. The molecule has 2 unspecified atom stereocenters. The second-order valence-electron chi connectivity index (χ2n) is 12.9. The lowest BCUT2D eigenvalue weighted by atomic mass is 9.91. The number of aromatic nitrogens is 1. The van der Waals surface area contributed by atoms with Crippen LogP contribution in [-0.4, -0.2) is 60.6 Å². The Morgan fingerprint density at radius 2 is 1.65 bits per heavy atom. The van der Waals surface area contributed by atoms with Gasteiger partial charge < -0.3 is 33.3 Å². The number of hydrogen-bond donors (Lipinski definition) is 0. The zero-order valence-corrected chi connectivity index (χ0v) is 30.9. The van der Waals surface area contributed by atoms with E-state index in [0.29, 0.717) is 24.5 Å². The highest BCUT2D eigenvalue weighted by molar-refractivity contribution is 6.02. The molecule has 2 heterocycles. The van der Waals surface area contributed by atoms with Gasteiger partial charge in [-0.2, -0.15) is 9.65 Å². The van der Waals surface area contributed by atoms with Gasteiger partial charge in [0.2, 0.25) is 17.2 Å². The predicted molar refractivity (Wildman–Crippen MR) is 205 cm³/mol. The van der Waals surface area contributed by atoms with Crippen LogP contribution in [-0.2, 0) is 27.5 Å². The van der Waals surface area contributed by atoms with Gasteiger partial charge in [-0.3, -0.25) is 4.99 Å². The Morgan fingerprint density at radius 3 is 2.35 bits per heavy atom. The van der Waals surface area contributed by atoms with E-state index in [1.54, 1.807) is 30.4 Å². The number of pyridine rings is 1. The summed E-state index contributed by atoms with van der Waals surface area (Å²) in [6, 6.07) is 29.8. The van der Waals surface area contributed by atoms with Crippen molar-refractivity contribution in [3.8, 4) is 40.7 Å². The molecular weight excluding hydrogens is 735 g/mol. The first kappa shape index (κ1) is 38.2. The molecule has 0 radical (unpaired) electrons. The molecule has 13 heteroatoms. The smallest absolute Gasteiger partial charge is 0.346 e. The van der Waals surface area contributed by atoms with Crippen LogP contribution in [0.2, 0.25) is 0 Å². The van der Waals surface area contributed by atoms with Crippen LogP contribution < -0.4 is 18.9 Å². The fourth-order valence-electron chi connectivity index (χ4n) is 6.18. The van der Waals surface area contributed by atoms with Gasteiger partial charge in [-0.25, -0.2) is 14.2 Å². The van der Waals surface area contributed by atoms with Gasteiger partial charge in [0.05, 0.1) is 43.7 Å². The molecule has 0 amide bonds. The third kappa shape index (κ3) is 8.46. The first-order valence-electron chi connectivity index (χ1n) is 17.9. The minimum absolute atomic E-state index is 0.0135. The second-order valence-corrected chi connectivity index (χ2v) is 12.9. The van der Waals surface area contributed by atoms with Gasteiger partial charge in [-0.15, -0.1) is 0 Å². The molecule has 57 heavy (non-hydrogen) atoms. The molecule has 1 aliphatic heterocycles. The third-order valence-electron chi connectivity index (χ3n) is 9.13. The number of nitriles is 1. The first-order chi connectivity index (χ1) is 27.8. The van der Waals surface area contributed by atoms with Gasteiger partial charge in [0.25, 0.3) is 5.88 Å². The summed E-state index contributed by atoms with van der Waals surface area (Å²) in [6.07, 6.45) is 6.47. The van der Waals surface area contributed by atoms with Crippen molar-refractivity contribution in [1.29, 1.82) is 5.26 Å². The monoisotopic (exact) mass is 770 g/mol. The van der Waals surface area contributed by atoms with Crippen molar-refractivity contribution in [2.75, 3.05) is 27.2 Å². The van der Waals surface area contributed by atoms with Gasteiger partial charge in [0.1, 0.15) is 23.9 Å². The highest BCUT2D eigenvalue weighted by Crippen LogP contribution is 2.40. The van der Waals surface area contributed by atoms with E-state index in [4.69, 9.17) is 28.4 Å². The topological polar surface area (TPSA) is 125 Å². The van der Waals surface area contributed by atoms with Crippen LogP contribution in [0.1, 0.15) is 22.3 Å². The molecule has 0 bridgehead atoms. The molecule has 0 saturated carbocycles. The highest BCUT2D eigenvalue weighted by atomic mass is 19.1. The van der Waals surface area contributed by atoms with Gasteiger partial charge in [0, 0.05) is 19.7 Å². The molecule has 5 aromatic rings. The zero-order valence-electron chi connectivity index (χ0n) is 30.9. The number of ether oxygens (including phenoxy) is 6. The Morgan fingerprint density at radius 1 is 0.912 bits per heavy atom. The lowest BCUT2D eigenvalue weighted by Gasteiger charge is -2.35. The van der Waals surface area contributed by atoms with Crippen molar-refractivity contribution in [2.24, 2.45) is 4.99 Å². The van der Waals surface area contributed by atoms with E-state index in [2.05, 4.69) is 9.98 Å². The number of amidine groups is 1. The predicted octanol–water partition coefficient (Wildman–Crippen LogP) is 8.09. The SMILES string of the molecule is COC(=O)C1(OCc2ccccc2)C=CC=CC1Oc1ccc(Oc2c(F)cnc(Oc3cc(C#N)ccc3OCc3ccccc3)c2F)c(C2=NCCN2C)c1. The van der Waals surface area contributed by atoms with Crippen molar-refractivity contribution in [1.82, 2.24) is 9.88 Å². The molecule has 1 aromatic heterocycles. The van der Waals surface area contributed by atoms with E-state index in [9.17, 15) is 10.1 Å². The number of benzene rings is 4. The van der Waals surface area contributed by atoms with Gasteiger partial charge in [-0.1, -0.05) is 72.8 Å². The minimum Gasteiger partial charge on any atom is -0.485 e. The number of rotatable bonds is 14. The van der Waals surface area contributed by atoms with Crippen LogP contribution in [0.5, 0.6) is 34.6 Å². The Bertz CT molecular complexity index is 2380. The molecule has 2 aliphatic rings. The molecule has 1 aliphatic carbocycles. The van der Waals surface area contributed by atoms with Crippen LogP contribution in [0, 0.1) is 23.0 Å². The van der Waals surface area contributed by atoms with Crippen LogP contribution in [0.4, 0.5) is 8.78 Å².